The van der Waals surface area contributed by atoms with Crippen LogP contribution in [0.15, 0.2) is 24.3 Å². The number of nitrogens with zero attached hydrogens (tertiary/aromatic N) is 2. The second-order valence-corrected chi connectivity index (χ2v) is 4.27. The number of aromatic carboxylic acids is 1. The van der Waals surface area contributed by atoms with Gasteiger partial charge in [0.1, 0.15) is 6.54 Å². The lowest BCUT2D eigenvalue weighted by atomic mass is 10.2. The van der Waals surface area contributed by atoms with Crippen LogP contribution in [0, 0.1) is 0 Å². The minimum absolute atomic E-state index is 0.0398. The molecule has 0 aromatic heterocycles. The molecule has 19 heavy (non-hydrogen) atoms. The highest BCUT2D eigenvalue weighted by molar-refractivity contribution is 6.12. The van der Waals surface area contributed by atoms with Crippen LogP contribution in [-0.2, 0) is 4.79 Å². The van der Waals surface area contributed by atoms with E-state index in [1.807, 2.05) is 6.92 Å². The second-order valence-electron chi connectivity index (χ2n) is 4.27. The van der Waals surface area contributed by atoms with Crippen LogP contribution in [0.1, 0.15) is 23.7 Å². The van der Waals surface area contributed by atoms with Crippen LogP contribution >= 0.6 is 0 Å². The summed E-state index contributed by atoms with van der Waals surface area (Å²) in [6, 6.07) is 5.61. The van der Waals surface area contributed by atoms with Crippen LogP contribution in [0.3, 0.4) is 0 Å². The molecule has 0 unspecified atom stereocenters. The molecule has 1 N–H and O–H groups in total. The van der Waals surface area contributed by atoms with Crippen LogP contribution in [0.25, 0.3) is 0 Å². The van der Waals surface area contributed by atoms with Gasteiger partial charge in [-0.1, -0.05) is 13.0 Å². The predicted molar refractivity (Wildman–Crippen MR) is 68.1 cm³/mol. The Balaban J connectivity index is 2.28. The van der Waals surface area contributed by atoms with E-state index in [1.165, 1.54) is 21.9 Å². The van der Waals surface area contributed by atoms with Crippen LogP contribution in [0.2, 0.25) is 0 Å². The Morgan fingerprint density at radius 2 is 2.11 bits per heavy atom. The molecule has 1 aliphatic heterocycles. The summed E-state index contributed by atoms with van der Waals surface area (Å²) in [5.41, 5.74) is 0.517. The lowest BCUT2D eigenvalue weighted by molar-refractivity contribution is -0.124. The maximum absolute atomic E-state index is 12.1. The molecule has 100 valence electrons. The molecule has 6 nitrogen and oxygen atoms in total. The average Bonchev–Trinajstić information content (AvgIpc) is 2.67. The number of anilines is 1. The number of urea groups is 1. The molecule has 1 heterocycles. The Morgan fingerprint density at radius 3 is 2.74 bits per heavy atom. The molecule has 0 saturated carbocycles. The van der Waals surface area contributed by atoms with E-state index in [0.717, 1.165) is 0 Å². The Morgan fingerprint density at radius 1 is 1.37 bits per heavy atom. The van der Waals surface area contributed by atoms with Crippen molar-refractivity contribution in [3.63, 3.8) is 0 Å². The lowest BCUT2D eigenvalue weighted by Crippen LogP contribution is -2.33. The molecule has 1 aromatic rings. The number of carbonyl (C=O) groups is 3. The predicted octanol–water partition coefficient (Wildman–Crippen LogP) is 1.56. The van der Waals surface area contributed by atoms with Crippen LogP contribution in [0.5, 0.6) is 0 Å². The highest BCUT2D eigenvalue weighted by Gasteiger charge is 2.36. The lowest BCUT2D eigenvalue weighted by Gasteiger charge is -2.16. The SMILES string of the molecule is CCCN1C(=O)CN(c2cccc(C(=O)O)c2)C1=O. The van der Waals surface area contributed by atoms with Crippen molar-refractivity contribution in [2.24, 2.45) is 0 Å². The number of rotatable bonds is 4. The summed E-state index contributed by atoms with van der Waals surface area (Å²) in [6.45, 7) is 2.23. The Hall–Kier alpha value is -2.37. The van der Waals surface area contributed by atoms with E-state index in [-0.39, 0.29) is 18.0 Å². The number of carboxylic acid groups (broad SMARTS) is 1. The molecule has 3 amide bonds. The molecule has 1 aliphatic rings. The number of hydrogen-bond acceptors (Lipinski definition) is 3. The van der Waals surface area contributed by atoms with Crippen molar-refractivity contribution in [2.45, 2.75) is 13.3 Å². The van der Waals surface area contributed by atoms with Gasteiger partial charge in [0.15, 0.2) is 0 Å². The fourth-order valence-corrected chi connectivity index (χ4v) is 1.99. The summed E-state index contributed by atoms with van der Waals surface area (Å²) in [7, 11) is 0. The van der Waals surface area contributed by atoms with E-state index in [2.05, 4.69) is 0 Å². The van der Waals surface area contributed by atoms with Crippen molar-refractivity contribution >= 4 is 23.6 Å². The molecule has 0 spiro atoms. The zero-order valence-electron chi connectivity index (χ0n) is 10.5. The van der Waals surface area contributed by atoms with Gasteiger partial charge in [0.2, 0.25) is 0 Å². The van der Waals surface area contributed by atoms with Crippen molar-refractivity contribution in [2.75, 3.05) is 18.0 Å². The molecular formula is C13H14N2O4. The second kappa shape index (κ2) is 5.09. The van der Waals surface area contributed by atoms with Gasteiger partial charge in [0, 0.05) is 12.2 Å². The van der Waals surface area contributed by atoms with Crippen molar-refractivity contribution in [1.82, 2.24) is 4.90 Å². The first-order valence-corrected chi connectivity index (χ1v) is 5.99. The zero-order valence-corrected chi connectivity index (χ0v) is 10.5. The van der Waals surface area contributed by atoms with Crippen LogP contribution in [-0.4, -0.2) is 41.0 Å². The number of benzene rings is 1. The minimum Gasteiger partial charge on any atom is -0.478 e. The van der Waals surface area contributed by atoms with E-state index < -0.39 is 12.0 Å². The molecule has 0 aliphatic carbocycles. The third-order valence-corrected chi connectivity index (χ3v) is 2.91. The summed E-state index contributed by atoms with van der Waals surface area (Å²) in [4.78, 5) is 37.2. The van der Waals surface area contributed by atoms with Gasteiger partial charge in [-0.25, -0.2) is 9.59 Å². The van der Waals surface area contributed by atoms with Gasteiger partial charge in [-0.3, -0.25) is 14.6 Å². The Labute approximate surface area is 110 Å². The standard InChI is InChI=1S/C13H14N2O4/c1-2-6-14-11(16)8-15(13(14)19)10-5-3-4-9(7-10)12(17)18/h3-5,7H,2,6,8H2,1H3,(H,17,18). The molecule has 0 atom stereocenters. The van der Waals surface area contributed by atoms with Gasteiger partial charge >= 0.3 is 12.0 Å². The first kappa shape index (κ1) is 13.1. The fraction of sp³-hybridized carbons (Fsp3) is 0.308. The van der Waals surface area contributed by atoms with Gasteiger partial charge in [-0.15, -0.1) is 0 Å². The molecule has 1 saturated heterocycles. The van der Waals surface area contributed by atoms with Crippen LogP contribution < -0.4 is 4.90 Å². The largest absolute Gasteiger partial charge is 0.478 e. The van der Waals surface area contributed by atoms with Crippen molar-refractivity contribution in [3.05, 3.63) is 29.8 Å². The maximum Gasteiger partial charge on any atom is 0.335 e. The Kier molecular flexibility index (Phi) is 3.50. The summed E-state index contributed by atoms with van der Waals surface area (Å²) in [6.07, 6.45) is 0.695. The summed E-state index contributed by atoms with van der Waals surface area (Å²) in [5.74, 6) is -1.32. The van der Waals surface area contributed by atoms with Crippen molar-refractivity contribution < 1.29 is 19.5 Å². The first-order valence-electron chi connectivity index (χ1n) is 5.99. The first-order chi connectivity index (χ1) is 9.04. The number of carbonyl (C=O) groups excluding carboxylic acids is 2. The topological polar surface area (TPSA) is 77.9 Å². The number of amides is 3. The van der Waals surface area contributed by atoms with E-state index in [1.54, 1.807) is 12.1 Å². The quantitative estimate of drug-likeness (QED) is 0.835. The van der Waals surface area contributed by atoms with E-state index >= 15 is 0 Å². The summed E-state index contributed by atoms with van der Waals surface area (Å²) >= 11 is 0. The van der Waals surface area contributed by atoms with Crippen molar-refractivity contribution in [1.29, 1.82) is 0 Å². The highest BCUT2D eigenvalue weighted by Crippen LogP contribution is 2.22. The Bertz CT molecular complexity index is 541. The van der Waals surface area contributed by atoms with Gasteiger partial charge in [0.25, 0.3) is 5.91 Å². The van der Waals surface area contributed by atoms with Crippen molar-refractivity contribution in [3.8, 4) is 0 Å². The molecule has 0 radical (unpaired) electrons. The average molecular weight is 262 g/mol. The highest BCUT2D eigenvalue weighted by atomic mass is 16.4. The molecular weight excluding hydrogens is 248 g/mol. The third-order valence-electron chi connectivity index (χ3n) is 2.91. The zero-order chi connectivity index (χ0) is 14.0. The van der Waals surface area contributed by atoms with E-state index in [4.69, 9.17) is 5.11 Å². The van der Waals surface area contributed by atoms with Crippen LogP contribution in [0.4, 0.5) is 10.5 Å². The monoisotopic (exact) mass is 262 g/mol. The molecule has 6 heteroatoms. The van der Waals surface area contributed by atoms with Gasteiger partial charge < -0.3 is 5.11 Å². The molecule has 1 aromatic carbocycles. The van der Waals surface area contributed by atoms with Gasteiger partial charge in [-0.05, 0) is 24.6 Å². The smallest absolute Gasteiger partial charge is 0.335 e. The summed E-state index contributed by atoms with van der Waals surface area (Å²) in [5, 5.41) is 8.93. The molecule has 0 bridgehead atoms. The minimum atomic E-state index is -1.06. The molecule has 2 rings (SSSR count). The number of carboxylic acids is 1. The van der Waals surface area contributed by atoms with E-state index in [9.17, 15) is 14.4 Å². The van der Waals surface area contributed by atoms with Gasteiger partial charge in [0.05, 0.1) is 5.56 Å². The number of hydrogen-bond donors (Lipinski definition) is 1. The molecule has 1 fully saturated rings. The summed E-state index contributed by atoms with van der Waals surface area (Å²) < 4.78 is 0. The normalized spacial score (nSPS) is 15.2. The fourth-order valence-electron chi connectivity index (χ4n) is 1.99. The van der Waals surface area contributed by atoms with E-state index in [0.29, 0.717) is 18.7 Å². The van der Waals surface area contributed by atoms with Gasteiger partial charge in [-0.2, -0.15) is 0 Å². The maximum atomic E-state index is 12.1. The number of imide groups is 1. The third kappa shape index (κ3) is 2.42.